The molecule has 114 valence electrons. The third kappa shape index (κ3) is 7.07. The van der Waals surface area contributed by atoms with E-state index in [9.17, 15) is 4.79 Å². The van der Waals surface area contributed by atoms with Gasteiger partial charge in [0, 0.05) is 18.6 Å². The van der Waals surface area contributed by atoms with E-state index in [1.54, 1.807) is 6.20 Å². The highest BCUT2D eigenvalue weighted by Gasteiger charge is 2.21. The molecule has 0 fully saturated rings. The molecule has 0 radical (unpaired) electrons. The number of nitrogens with zero attached hydrogens (tertiary/aromatic N) is 1. The van der Waals surface area contributed by atoms with E-state index < -0.39 is 11.7 Å². The summed E-state index contributed by atoms with van der Waals surface area (Å²) in [6.45, 7) is 10.6. The molecular formula is C13H22ClN3O2S. The monoisotopic (exact) mass is 319 g/mol. The number of aromatic nitrogens is 1. The molecule has 5 nitrogen and oxygen atoms in total. The van der Waals surface area contributed by atoms with Gasteiger partial charge in [0.05, 0.1) is 6.20 Å². The van der Waals surface area contributed by atoms with Gasteiger partial charge in [-0.25, -0.2) is 9.78 Å². The van der Waals surface area contributed by atoms with Gasteiger partial charge in [-0.15, -0.1) is 11.3 Å². The smallest absolute Gasteiger partial charge is 0.407 e. The van der Waals surface area contributed by atoms with E-state index in [0.29, 0.717) is 17.4 Å². The van der Waals surface area contributed by atoms with Gasteiger partial charge >= 0.3 is 6.09 Å². The molecule has 0 unspecified atom stereocenters. The standard InChI is InChI=1S/C13H22ClN3O2S/c1-12(2,3)19-11(18)16-8-13(4,5)17-7-10-15-6-9(14)20-10/h6,17H,7-8H2,1-5H3,(H,16,18). The Morgan fingerprint density at radius 1 is 1.40 bits per heavy atom. The van der Waals surface area contributed by atoms with Gasteiger partial charge in [-0.2, -0.15) is 0 Å². The largest absolute Gasteiger partial charge is 0.444 e. The predicted octanol–water partition coefficient (Wildman–Crippen LogP) is 3.19. The van der Waals surface area contributed by atoms with Gasteiger partial charge in [0.2, 0.25) is 0 Å². The molecule has 0 aliphatic heterocycles. The van der Waals surface area contributed by atoms with Crippen molar-refractivity contribution < 1.29 is 9.53 Å². The Bertz CT molecular complexity index is 455. The lowest BCUT2D eigenvalue weighted by Gasteiger charge is -2.27. The zero-order chi connectivity index (χ0) is 15.4. The first-order valence-electron chi connectivity index (χ1n) is 6.39. The van der Waals surface area contributed by atoms with Crippen molar-refractivity contribution in [3.8, 4) is 0 Å². The first-order valence-corrected chi connectivity index (χ1v) is 7.59. The molecular weight excluding hydrogens is 298 g/mol. The average Bonchev–Trinajstić information content (AvgIpc) is 2.68. The molecule has 0 aromatic carbocycles. The molecule has 1 aromatic rings. The Balaban J connectivity index is 2.35. The zero-order valence-electron chi connectivity index (χ0n) is 12.5. The van der Waals surface area contributed by atoms with E-state index >= 15 is 0 Å². The maximum absolute atomic E-state index is 11.6. The number of amides is 1. The van der Waals surface area contributed by atoms with Crippen molar-refractivity contribution in [3.05, 3.63) is 15.5 Å². The second kappa shape index (κ2) is 6.74. The number of nitrogens with one attached hydrogen (secondary N) is 2. The second-order valence-corrected chi connectivity index (χ2v) is 7.90. The van der Waals surface area contributed by atoms with Crippen molar-refractivity contribution in [1.29, 1.82) is 0 Å². The van der Waals surface area contributed by atoms with Crippen LogP contribution in [0, 0.1) is 0 Å². The molecule has 0 saturated carbocycles. The maximum Gasteiger partial charge on any atom is 0.407 e. The van der Waals surface area contributed by atoms with Gasteiger partial charge in [-0.1, -0.05) is 11.6 Å². The minimum absolute atomic E-state index is 0.269. The molecule has 0 saturated heterocycles. The maximum atomic E-state index is 11.6. The second-order valence-electron chi connectivity index (χ2n) is 6.15. The molecule has 0 atom stereocenters. The lowest BCUT2D eigenvalue weighted by atomic mass is 10.1. The average molecular weight is 320 g/mol. The van der Waals surface area contributed by atoms with Gasteiger partial charge in [0.25, 0.3) is 0 Å². The Morgan fingerprint density at radius 2 is 2.05 bits per heavy atom. The van der Waals surface area contributed by atoms with Crippen LogP contribution in [0.5, 0.6) is 0 Å². The number of hydrogen-bond acceptors (Lipinski definition) is 5. The fourth-order valence-corrected chi connectivity index (χ4v) is 2.25. The van der Waals surface area contributed by atoms with Crippen molar-refractivity contribution >= 4 is 29.0 Å². The third-order valence-corrected chi connectivity index (χ3v) is 3.43. The van der Waals surface area contributed by atoms with E-state index in [0.717, 1.165) is 5.01 Å². The molecule has 0 aliphatic carbocycles. The molecule has 2 N–H and O–H groups in total. The Kier molecular flexibility index (Phi) is 5.79. The highest BCUT2D eigenvalue weighted by Crippen LogP contribution is 2.18. The quantitative estimate of drug-likeness (QED) is 0.875. The fraction of sp³-hybridized carbons (Fsp3) is 0.692. The number of rotatable bonds is 5. The summed E-state index contributed by atoms with van der Waals surface area (Å²) in [7, 11) is 0. The zero-order valence-corrected chi connectivity index (χ0v) is 14.1. The van der Waals surface area contributed by atoms with Crippen LogP contribution in [0.3, 0.4) is 0 Å². The van der Waals surface area contributed by atoms with E-state index in [4.69, 9.17) is 16.3 Å². The summed E-state index contributed by atoms with van der Waals surface area (Å²) in [5.41, 5.74) is -0.756. The van der Waals surface area contributed by atoms with Gasteiger partial charge in [-0.05, 0) is 34.6 Å². The number of carbonyl (C=O) groups is 1. The molecule has 0 bridgehead atoms. The normalized spacial score (nSPS) is 12.3. The van der Waals surface area contributed by atoms with Crippen LogP contribution < -0.4 is 10.6 Å². The van der Waals surface area contributed by atoms with Crippen LogP contribution in [0.2, 0.25) is 4.34 Å². The highest BCUT2D eigenvalue weighted by molar-refractivity contribution is 7.15. The summed E-state index contributed by atoms with van der Waals surface area (Å²) >= 11 is 7.27. The van der Waals surface area contributed by atoms with Crippen LogP contribution in [-0.4, -0.2) is 28.8 Å². The minimum Gasteiger partial charge on any atom is -0.444 e. The molecule has 0 aliphatic rings. The van der Waals surface area contributed by atoms with Crippen molar-refractivity contribution in [1.82, 2.24) is 15.6 Å². The molecule has 0 spiro atoms. The van der Waals surface area contributed by atoms with Gasteiger partial charge in [0.15, 0.2) is 0 Å². The lowest BCUT2D eigenvalue weighted by molar-refractivity contribution is 0.0513. The highest BCUT2D eigenvalue weighted by atomic mass is 35.5. The van der Waals surface area contributed by atoms with Crippen LogP contribution in [-0.2, 0) is 11.3 Å². The molecule has 20 heavy (non-hydrogen) atoms. The van der Waals surface area contributed by atoms with Gasteiger partial charge in [-0.3, -0.25) is 0 Å². The van der Waals surface area contributed by atoms with Crippen LogP contribution in [0.4, 0.5) is 4.79 Å². The first-order chi connectivity index (χ1) is 9.07. The summed E-state index contributed by atoms with van der Waals surface area (Å²) in [6.07, 6.45) is 1.22. The van der Waals surface area contributed by atoms with Gasteiger partial charge in [0.1, 0.15) is 14.9 Å². The van der Waals surface area contributed by atoms with E-state index in [-0.39, 0.29) is 5.54 Å². The van der Waals surface area contributed by atoms with Crippen molar-refractivity contribution in [2.75, 3.05) is 6.54 Å². The van der Waals surface area contributed by atoms with Crippen molar-refractivity contribution in [2.45, 2.75) is 52.3 Å². The summed E-state index contributed by atoms with van der Waals surface area (Å²) in [5, 5.41) is 7.00. The van der Waals surface area contributed by atoms with Crippen LogP contribution in [0.1, 0.15) is 39.6 Å². The SMILES string of the molecule is CC(C)(CNC(=O)OC(C)(C)C)NCc1ncc(Cl)s1. The predicted molar refractivity (Wildman–Crippen MR) is 82.3 cm³/mol. The van der Waals surface area contributed by atoms with Gasteiger partial charge < -0.3 is 15.4 Å². The Labute approximate surface area is 129 Å². The number of halogens is 1. The van der Waals surface area contributed by atoms with Crippen molar-refractivity contribution in [3.63, 3.8) is 0 Å². The third-order valence-electron chi connectivity index (χ3n) is 2.32. The summed E-state index contributed by atoms with van der Waals surface area (Å²) < 4.78 is 5.87. The topological polar surface area (TPSA) is 63.2 Å². The number of hydrogen-bond donors (Lipinski definition) is 2. The van der Waals surface area contributed by atoms with E-state index in [2.05, 4.69) is 15.6 Å². The van der Waals surface area contributed by atoms with Crippen LogP contribution in [0.25, 0.3) is 0 Å². The van der Waals surface area contributed by atoms with E-state index in [1.165, 1.54) is 11.3 Å². The fourth-order valence-electron chi connectivity index (χ4n) is 1.35. The Hall–Kier alpha value is -0.850. The summed E-state index contributed by atoms with van der Waals surface area (Å²) in [6, 6.07) is 0. The van der Waals surface area contributed by atoms with Crippen LogP contribution >= 0.6 is 22.9 Å². The molecule has 1 amide bonds. The van der Waals surface area contributed by atoms with Crippen LogP contribution in [0.15, 0.2) is 6.20 Å². The van der Waals surface area contributed by atoms with E-state index in [1.807, 2.05) is 34.6 Å². The molecule has 1 aromatic heterocycles. The van der Waals surface area contributed by atoms with Crippen molar-refractivity contribution in [2.24, 2.45) is 0 Å². The molecule has 1 rings (SSSR count). The Morgan fingerprint density at radius 3 is 2.55 bits per heavy atom. The molecule has 1 heterocycles. The molecule has 7 heteroatoms. The minimum atomic E-state index is -0.487. The number of ether oxygens (including phenoxy) is 1. The first kappa shape index (κ1) is 17.2. The number of carbonyl (C=O) groups excluding carboxylic acids is 1. The summed E-state index contributed by atoms with van der Waals surface area (Å²) in [5.74, 6) is 0. The summed E-state index contributed by atoms with van der Waals surface area (Å²) in [4.78, 5) is 15.8. The number of thiazole rings is 1. The number of alkyl carbamates (subject to hydrolysis) is 1. The lowest BCUT2D eigenvalue weighted by Crippen LogP contribution is -2.49.